The molecule has 0 amide bonds. The average molecular weight is 763 g/mol. The number of carbonyl (C=O) groups excluding carboxylic acids is 2. The molecule has 0 N–H and O–H groups in total. The van der Waals surface area contributed by atoms with Crippen LogP contribution in [0.15, 0.2) is 145 Å². The number of hydrogen-bond donors (Lipinski definition) is 0. The van der Waals surface area contributed by atoms with Gasteiger partial charge in [-0.3, -0.25) is 4.79 Å². The molecule has 1 unspecified atom stereocenters. The zero-order chi connectivity index (χ0) is 38.8. The molecule has 1 aliphatic carbocycles. The molecule has 5 atom stereocenters. The summed E-state index contributed by atoms with van der Waals surface area (Å²) in [6, 6.07) is 39.5. The molecule has 1 aliphatic heterocycles. The van der Waals surface area contributed by atoms with E-state index < -0.39 is 50.8 Å². The van der Waals surface area contributed by atoms with E-state index in [0.717, 1.165) is 21.5 Å². The van der Waals surface area contributed by atoms with Gasteiger partial charge in [-0.1, -0.05) is 130 Å². The van der Waals surface area contributed by atoms with Gasteiger partial charge in [0.25, 0.3) is 8.32 Å². The molecule has 4 aromatic carbocycles. The molecule has 9 nitrogen and oxygen atoms in total. The summed E-state index contributed by atoms with van der Waals surface area (Å²) in [5, 5.41) is 1.91. The topological polar surface area (TPSA) is 98.8 Å². The van der Waals surface area contributed by atoms with Crippen LogP contribution in [0.4, 0.5) is 0 Å². The molecule has 10 heteroatoms. The second-order valence-electron chi connectivity index (χ2n) is 14.7. The summed E-state index contributed by atoms with van der Waals surface area (Å²) in [6.45, 7) is 8.34. The van der Waals surface area contributed by atoms with Gasteiger partial charge in [-0.25, -0.2) is 4.79 Å². The van der Waals surface area contributed by atoms with Crippen molar-refractivity contribution in [2.24, 2.45) is 5.92 Å². The molecular weight excluding hydrogens is 713 g/mol. The van der Waals surface area contributed by atoms with E-state index in [9.17, 15) is 9.59 Å². The predicted molar refractivity (Wildman–Crippen MR) is 212 cm³/mol. The van der Waals surface area contributed by atoms with Crippen molar-refractivity contribution >= 4 is 30.6 Å². The van der Waals surface area contributed by atoms with Crippen molar-refractivity contribution in [2.45, 2.75) is 63.9 Å². The lowest BCUT2D eigenvalue weighted by molar-refractivity contribution is -0.184. The van der Waals surface area contributed by atoms with Gasteiger partial charge in [0, 0.05) is 14.0 Å². The van der Waals surface area contributed by atoms with Crippen LogP contribution in [0.3, 0.4) is 0 Å². The molecule has 0 saturated heterocycles. The minimum absolute atomic E-state index is 0.0233. The number of methoxy groups -OCH3 is 1. The second kappa shape index (κ2) is 18.3. The first kappa shape index (κ1) is 40.0. The maximum atomic E-state index is 14.0. The molecule has 6 rings (SSSR count). The molecule has 0 saturated carbocycles. The lowest BCUT2D eigenvalue weighted by Crippen LogP contribution is -2.67. The number of esters is 2. The van der Waals surface area contributed by atoms with Crippen molar-refractivity contribution < 1.29 is 42.4 Å². The van der Waals surface area contributed by atoms with Gasteiger partial charge in [-0.15, -0.1) is 0 Å². The molecule has 2 aliphatic rings. The quantitative estimate of drug-likeness (QED) is 0.0428. The minimum Gasteiger partial charge on any atom is -0.463 e. The molecule has 0 fully saturated rings. The smallest absolute Gasteiger partial charge is 0.338 e. The molecule has 0 bridgehead atoms. The van der Waals surface area contributed by atoms with E-state index >= 15 is 0 Å². The molecule has 0 radical (unpaired) electrons. The van der Waals surface area contributed by atoms with Crippen molar-refractivity contribution in [2.75, 3.05) is 27.1 Å². The van der Waals surface area contributed by atoms with E-state index in [4.69, 9.17) is 32.8 Å². The van der Waals surface area contributed by atoms with Gasteiger partial charge >= 0.3 is 11.9 Å². The Morgan fingerprint density at radius 3 is 1.91 bits per heavy atom. The molecule has 4 aromatic rings. The fourth-order valence-electron chi connectivity index (χ4n) is 7.51. The van der Waals surface area contributed by atoms with Crippen LogP contribution in [0.1, 0.15) is 43.6 Å². The van der Waals surface area contributed by atoms with Crippen molar-refractivity contribution in [3.05, 3.63) is 156 Å². The number of benzene rings is 4. The highest BCUT2D eigenvalue weighted by molar-refractivity contribution is 6.99. The summed E-state index contributed by atoms with van der Waals surface area (Å²) in [4.78, 5) is 26.1. The number of carbonyl (C=O) groups is 2. The Morgan fingerprint density at radius 2 is 1.35 bits per heavy atom. The van der Waals surface area contributed by atoms with E-state index in [2.05, 4.69) is 45.0 Å². The minimum atomic E-state index is -3.05. The highest BCUT2D eigenvalue weighted by Crippen LogP contribution is 2.43. The lowest BCUT2D eigenvalue weighted by atomic mass is 9.75. The Kier molecular flexibility index (Phi) is 13.3. The molecule has 0 aromatic heterocycles. The standard InChI is InChI=1S/C45H50O9Si/c1-32(46)50-30-40-42-38(27-41(48-5)53-40)39(51-31-49-28-33-18-10-6-11-19-33)26-35(43(42)54-44(47)34-20-12-7-13-21-34)29-52-55(45(2,3)4,36-22-14-8-15-23-36)37-24-16-9-17-25-37/h6-27,39-43H,28-31H2,1-5H3/t39-,40-,41?,42+,43-/m1/s1. The summed E-state index contributed by atoms with van der Waals surface area (Å²) < 4.78 is 44.0. The van der Waals surface area contributed by atoms with Crippen molar-refractivity contribution in [1.29, 1.82) is 0 Å². The SMILES string of the molecule is COC1C=C2[C@H]([C@H](OC(=O)c3ccccc3)C(CO[Si](c3ccccc3)(c3ccccc3)C(C)(C)C)=C[C@H]2OCOCc2ccccc2)[C@@H](COC(C)=O)O1. The normalized spacial score (nSPS) is 21.1. The van der Waals surface area contributed by atoms with Gasteiger partial charge in [0.15, 0.2) is 6.29 Å². The monoisotopic (exact) mass is 762 g/mol. The van der Waals surface area contributed by atoms with E-state index in [-0.39, 0.29) is 25.0 Å². The van der Waals surface area contributed by atoms with Crippen molar-refractivity contribution in [3.63, 3.8) is 0 Å². The van der Waals surface area contributed by atoms with Crippen LogP contribution in [-0.4, -0.2) is 72.0 Å². The Balaban J connectivity index is 1.44. The first-order valence-electron chi connectivity index (χ1n) is 18.6. The summed E-state index contributed by atoms with van der Waals surface area (Å²) in [5.74, 6) is -1.59. The third-order valence-corrected chi connectivity index (χ3v) is 15.0. The number of hydrogen-bond acceptors (Lipinski definition) is 9. The largest absolute Gasteiger partial charge is 0.463 e. The van der Waals surface area contributed by atoms with E-state index in [1.807, 2.05) is 84.9 Å². The van der Waals surface area contributed by atoms with Gasteiger partial charge in [-0.05, 0) is 56.4 Å². The number of ether oxygens (including phenoxy) is 6. The predicted octanol–water partition coefficient (Wildman–Crippen LogP) is 6.77. The van der Waals surface area contributed by atoms with Crippen LogP contribution < -0.4 is 10.4 Å². The van der Waals surface area contributed by atoms with Crippen LogP contribution in [0.2, 0.25) is 5.04 Å². The Bertz CT molecular complexity index is 1870. The molecular formula is C45H50O9Si. The van der Waals surface area contributed by atoms with E-state index in [1.54, 1.807) is 31.4 Å². The molecule has 1 heterocycles. The Morgan fingerprint density at radius 1 is 0.764 bits per heavy atom. The van der Waals surface area contributed by atoms with Gasteiger partial charge in [0.1, 0.15) is 31.7 Å². The highest BCUT2D eigenvalue weighted by atomic mass is 28.4. The van der Waals surface area contributed by atoms with Crippen molar-refractivity contribution in [1.82, 2.24) is 0 Å². The third kappa shape index (κ3) is 9.41. The average Bonchev–Trinajstić information content (AvgIpc) is 3.20. The molecule has 288 valence electrons. The number of rotatable bonds is 15. The summed E-state index contributed by atoms with van der Waals surface area (Å²) in [5.41, 5.74) is 2.87. The fraction of sp³-hybridized carbons (Fsp3) is 0.333. The maximum absolute atomic E-state index is 14.0. The van der Waals surface area contributed by atoms with E-state index in [1.165, 1.54) is 6.92 Å². The molecule has 55 heavy (non-hydrogen) atoms. The van der Waals surface area contributed by atoms with Gasteiger partial charge in [-0.2, -0.15) is 0 Å². The van der Waals surface area contributed by atoms with Crippen LogP contribution in [-0.2, 0) is 44.2 Å². The van der Waals surface area contributed by atoms with Gasteiger partial charge in [0.2, 0.25) is 0 Å². The van der Waals surface area contributed by atoms with E-state index in [0.29, 0.717) is 17.7 Å². The number of fused-ring (bicyclic) bond motifs is 1. The van der Waals surface area contributed by atoms with Crippen LogP contribution in [0.5, 0.6) is 0 Å². The second-order valence-corrected chi connectivity index (χ2v) is 19.0. The highest BCUT2D eigenvalue weighted by Gasteiger charge is 2.52. The lowest BCUT2D eigenvalue weighted by Gasteiger charge is -2.46. The van der Waals surface area contributed by atoms with Crippen LogP contribution in [0.25, 0.3) is 0 Å². The maximum Gasteiger partial charge on any atom is 0.338 e. The van der Waals surface area contributed by atoms with Gasteiger partial charge < -0.3 is 32.8 Å². The Labute approximate surface area is 324 Å². The first-order valence-corrected chi connectivity index (χ1v) is 20.5. The van der Waals surface area contributed by atoms with Crippen LogP contribution in [0, 0.1) is 5.92 Å². The molecule has 0 spiro atoms. The summed E-state index contributed by atoms with van der Waals surface area (Å²) in [7, 11) is -1.51. The zero-order valence-electron chi connectivity index (χ0n) is 32.1. The zero-order valence-corrected chi connectivity index (χ0v) is 33.1. The third-order valence-electron chi connectivity index (χ3n) is 10.0. The fourth-order valence-corrected chi connectivity index (χ4v) is 12.0. The Hall–Kier alpha value is -4.68. The summed E-state index contributed by atoms with van der Waals surface area (Å²) >= 11 is 0. The van der Waals surface area contributed by atoms with Crippen molar-refractivity contribution in [3.8, 4) is 0 Å². The van der Waals surface area contributed by atoms with Gasteiger partial charge in [0.05, 0.1) is 24.7 Å². The van der Waals surface area contributed by atoms with Crippen LogP contribution >= 0.6 is 0 Å². The summed E-state index contributed by atoms with van der Waals surface area (Å²) in [6.07, 6.45) is 0.784. The first-order chi connectivity index (χ1) is 26.6.